The summed E-state index contributed by atoms with van der Waals surface area (Å²) in [7, 11) is 0. The molecule has 1 saturated carbocycles. The van der Waals surface area contributed by atoms with Crippen molar-refractivity contribution in [3.8, 4) is 0 Å². The van der Waals surface area contributed by atoms with E-state index in [1.54, 1.807) is 51.1 Å². The molecule has 430 valence electrons. The Bertz CT molecular complexity index is 3150. The zero-order chi connectivity index (χ0) is 56.6. The summed E-state index contributed by atoms with van der Waals surface area (Å²) in [6, 6.07) is 18.8. The van der Waals surface area contributed by atoms with Crippen LogP contribution < -0.4 is 16.2 Å². The number of amides is 5. The van der Waals surface area contributed by atoms with Crippen molar-refractivity contribution in [3.63, 3.8) is 0 Å². The van der Waals surface area contributed by atoms with E-state index in [2.05, 4.69) is 30.6 Å². The van der Waals surface area contributed by atoms with E-state index in [-0.39, 0.29) is 91.1 Å². The maximum Gasteiger partial charge on any atom is 0.272 e. The zero-order valence-electron chi connectivity index (χ0n) is 45.8. The highest BCUT2D eigenvalue weighted by atomic mass is 19.1. The monoisotopic (exact) mass is 1120 g/mol. The Labute approximate surface area is 469 Å². The molecule has 20 heteroatoms. The van der Waals surface area contributed by atoms with Gasteiger partial charge in [-0.1, -0.05) is 61.7 Å². The lowest BCUT2D eigenvalue weighted by Crippen LogP contribution is -2.57. The number of hydrogen-bond donors (Lipinski definition) is 3. The van der Waals surface area contributed by atoms with Crippen molar-refractivity contribution in [3.05, 3.63) is 146 Å². The number of benzene rings is 4. The summed E-state index contributed by atoms with van der Waals surface area (Å²) in [5.41, 5.74) is 1.39. The number of carbonyl (C=O) groups is 5. The molecule has 81 heavy (non-hydrogen) atoms. The van der Waals surface area contributed by atoms with Crippen molar-refractivity contribution in [2.45, 2.75) is 82.7 Å². The van der Waals surface area contributed by atoms with Crippen LogP contribution in [-0.4, -0.2) is 173 Å². The second kappa shape index (κ2) is 26.3. The van der Waals surface area contributed by atoms with Gasteiger partial charge in [0.05, 0.1) is 35.3 Å². The van der Waals surface area contributed by atoms with Gasteiger partial charge < -0.3 is 30.2 Å². The fourth-order valence-electron chi connectivity index (χ4n) is 12.7. The van der Waals surface area contributed by atoms with Crippen LogP contribution in [0.4, 0.5) is 17.6 Å². The number of H-pyrrole nitrogens is 1. The zero-order valence-corrected chi connectivity index (χ0v) is 45.8. The van der Waals surface area contributed by atoms with Crippen LogP contribution in [0.2, 0.25) is 0 Å². The third-order valence-electron chi connectivity index (χ3n) is 17.4. The number of aromatic nitrogens is 2. The van der Waals surface area contributed by atoms with Gasteiger partial charge >= 0.3 is 0 Å². The first-order chi connectivity index (χ1) is 39.3. The lowest BCUT2D eigenvalue weighted by Gasteiger charge is -2.41. The molecule has 4 aliphatic heterocycles. The van der Waals surface area contributed by atoms with E-state index in [0.29, 0.717) is 98.6 Å². The van der Waals surface area contributed by atoms with Gasteiger partial charge in [-0.05, 0) is 105 Å². The molecule has 5 aromatic rings. The minimum atomic E-state index is -0.793. The molecule has 5 aliphatic rings. The van der Waals surface area contributed by atoms with Gasteiger partial charge in [0, 0.05) is 108 Å². The van der Waals surface area contributed by atoms with Crippen molar-refractivity contribution in [2.24, 2.45) is 11.8 Å². The standard InChI is InChI=1S/C61H72F4N10O6/c62-45-17-16-43(52(64)34-45)35-66-36-54(76)75-21-7-10-44(38-75)46-13-6-14-49(56(46)65)58(78)67-57(42-8-2-1-3-9-42)61(81)74-26-24-71(25-27-74)37-40-19-22-70(23-20-40)39-55(77)72-28-30-73(31-29-72)60(80)50-32-41(15-18-51(50)63)33-53-47-11-4-5-12-48(47)59(79)69-68-53/h4-6,11-18,32,34,40,42,44,57,66H,1-3,7-10,19-31,33,35-39H2,(H,67,78)(H,69,79)/t44?,57-/m1/s1. The van der Waals surface area contributed by atoms with E-state index < -0.39 is 41.1 Å². The Hall–Kier alpha value is -7.03. The molecule has 0 radical (unpaired) electrons. The Morgan fingerprint density at radius 3 is 2.12 bits per heavy atom. The van der Waals surface area contributed by atoms with Gasteiger partial charge in [0.1, 0.15) is 29.3 Å². The highest BCUT2D eigenvalue weighted by Gasteiger charge is 2.37. The summed E-state index contributed by atoms with van der Waals surface area (Å²) < 4.78 is 59.2. The maximum atomic E-state index is 16.5. The van der Waals surface area contributed by atoms with Crippen molar-refractivity contribution in [2.75, 3.05) is 98.2 Å². The quantitative estimate of drug-likeness (QED) is 0.0983. The molecule has 3 N–H and O–H groups in total. The fourth-order valence-corrected chi connectivity index (χ4v) is 12.7. The van der Waals surface area contributed by atoms with Gasteiger partial charge in [0.15, 0.2) is 0 Å². The molecule has 2 atom stereocenters. The van der Waals surface area contributed by atoms with Gasteiger partial charge in [-0.2, -0.15) is 5.10 Å². The third kappa shape index (κ3) is 13.8. The average molecular weight is 1120 g/mol. The third-order valence-corrected chi connectivity index (χ3v) is 17.4. The Kier molecular flexibility index (Phi) is 18.5. The molecule has 5 amide bonds. The largest absolute Gasteiger partial charge is 0.341 e. The van der Waals surface area contributed by atoms with Crippen molar-refractivity contribution >= 4 is 40.3 Å². The lowest BCUT2D eigenvalue weighted by molar-refractivity contribution is -0.137. The summed E-state index contributed by atoms with van der Waals surface area (Å²) >= 11 is 0. The molecule has 1 aromatic heterocycles. The van der Waals surface area contributed by atoms with Gasteiger partial charge in [0.2, 0.25) is 17.7 Å². The fraction of sp³-hybridized carbons (Fsp3) is 0.492. The SMILES string of the molecule is O=C(N[C@@H](C(=O)N1CCN(CC2CCN(CC(=O)N3CCN(C(=O)c4cc(Cc5n[nH]c(=O)c6ccccc56)ccc4F)CC3)CC2)CC1)C1CCCCC1)c1cccc(C2CCCN(C(=O)CNCc3ccc(F)cc3F)C2)c1F. The number of likely N-dealkylation sites (tertiary alicyclic amines) is 2. The van der Waals surface area contributed by atoms with Crippen LogP contribution >= 0.6 is 0 Å². The Balaban J connectivity index is 0.659. The number of nitrogens with zero attached hydrogens (tertiary/aromatic N) is 7. The molecular formula is C61H72F4N10O6. The van der Waals surface area contributed by atoms with Crippen LogP contribution in [0.3, 0.4) is 0 Å². The highest BCUT2D eigenvalue weighted by molar-refractivity contribution is 5.98. The average Bonchev–Trinajstić information content (AvgIpc) is 3.54. The Morgan fingerprint density at radius 1 is 0.642 bits per heavy atom. The number of aromatic amines is 1. The molecule has 1 unspecified atom stereocenters. The second-order valence-corrected chi connectivity index (χ2v) is 22.6. The van der Waals surface area contributed by atoms with Gasteiger partial charge in [-0.25, -0.2) is 22.7 Å². The molecular weight excluding hydrogens is 1040 g/mol. The van der Waals surface area contributed by atoms with Crippen LogP contribution in [0.15, 0.2) is 83.7 Å². The first-order valence-corrected chi connectivity index (χ1v) is 28.8. The number of hydrogen-bond acceptors (Lipinski definition) is 10. The summed E-state index contributed by atoms with van der Waals surface area (Å²) in [5.74, 6) is -4.09. The van der Waals surface area contributed by atoms with Crippen LogP contribution in [0.5, 0.6) is 0 Å². The van der Waals surface area contributed by atoms with Crippen molar-refractivity contribution in [1.82, 2.24) is 50.2 Å². The molecule has 16 nitrogen and oxygen atoms in total. The van der Waals surface area contributed by atoms with E-state index in [1.165, 1.54) is 18.2 Å². The molecule has 4 aromatic carbocycles. The van der Waals surface area contributed by atoms with Crippen LogP contribution in [0.25, 0.3) is 10.8 Å². The Morgan fingerprint density at radius 2 is 1.37 bits per heavy atom. The van der Waals surface area contributed by atoms with Crippen LogP contribution in [-0.2, 0) is 27.3 Å². The first kappa shape index (κ1) is 57.2. The summed E-state index contributed by atoms with van der Waals surface area (Å²) in [4.78, 5) is 92.6. The van der Waals surface area contributed by atoms with E-state index >= 15 is 8.78 Å². The lowest BCUT2D eigenvalue weighted by atomic mass is 9.83. The van der Waals surface area contributed by atoms with Gasteiger partial charge in [-0.15, -0.1) is 0 Å². The van der Waals surface area contributed by atoms with Gasteiger partial charge in [0.25, 0.3) is 17.4 Å². The minimum Gasteiger partial charge on any atom is -0.341 e. The molecule has 4 saturated heterocycles. The second-order valence-electron chi connectivity index (χ2n) is 22.6. The molecule has 5 fully saturated rings. The maximum absolute atomic E-state index is 16.5. The van der Waals surface area contributed by atoms with Crippen LogP contribution in [0, 0.1) is 35.1 Å². The summed E-state index contributed by atoms with van der Waals surface area (Å²) in [5, 5.41) is 13.9. The van der Waals surface area contributed by atoms with Crippen LogP contribution in [0.1, 0.15) is 107 Å². The van der Waals surface area contributed by atoms with Crippen molar-refractivity contribution < 1.29 is 41.5 Å². The topological polar surface area (TPSA) is 175 Å². The van der Waals surface area contributed by atoms with E-state index in [1.807, 2.05) is 17.0 Å². The molecule has 1 aliphatic carbocycles. The molecule has 5 heterocycles. The summed E-state index contributed by atoms with van der Waals surface area (Å²) in [6.07, 6.45) is 7.93. The predicted molar refractivity (Wildman–Crippen MR) is 297 cm³/mol. The number of piperidine rings is 2. The summed E-state index contributed by atoms with van der Waals surface area (Å²) in [6.45, 7) is 7.09. The van der Waals surface area contributed by atoms with E-state index in [4.69, 9.17) is 0 Å². The number of piperazine rings is 2. The van der Waals surface area contributed by atoms with E-state index in [9.17, 15) is 37.5 Å². The first-order valence-electron chi connectivity index (χ1n) is 28.8. The highest BCUT2D eigenvalue weighted by Crippen LogP contribution is 2.32. The minimum absolute atomic E-state index is 0.00480. The number of fused-ring (bicyclic) bond motifs is 1. The molecule has 0 spiro atoms. The van der Waals surface area contributed by atoms with Crippen molar-refractivity contribution in [1.29, 1.82) is 0 Å². The predicted octanol–water partition coefficient (Wildman–Crippen LogP) is 6.09. The molecule has 10 rings (SSSR count). The number of halogens is 4. The smallest absolute Gasteiger partial charge is 0.272 e. The van der Waals surface area contributed by atoms with Gasteiger partial charge in [-0.3, -0.25) is 38.6 Å². The normalized spacial score (nSPS) is 19.4. The number of carbonyl (C=O) groups excluding carboxylic acids is 5. The number of rotatable bonds is 16. The number of nitrogens with one attached hydrogen (secondary N) is 3. The van der Waals surface area contributed by atoms with E-state index in [0.717, 1.165) is 76.7 Å². The molecule has 0 bridgehead atoms.